The molecule has 0 amide bonds. The molecule has 3 heterocycles. The van der Waals surface area contributed by atoms with E-state index in [9.17, 15) is 4.79 Å². The highest BCUT2D eigenvalue weighted by Crippen LogP contribution is 2.35. The van der Waals surface area contributed by atoms with E-state index in [2.05, 4.69) is 26.7 Å². The number of H-pyrrole nitrogens is 1. The maximum absolute atomic E-state index is 15.2. The number of nitrogens with two attached hydrogens (primary N) is 1. The molecule has 234 valence electrons. The van der Waals surface area contributed by atoms with Gasteiger partial charge in [0.25, 0.3) is 0 Å². The highest BCUT2D eigenvalue weighted by Gasteiger charge is 2.24. The van der Waals surface area contributed by atoms with Gasteiger partial charge in [0, 0.05) is 46.7 Å². The number of piperidine rings is 1. The van der Waals surface area contributed by atoms with Crippen LogP contribution in [0.3, 0.4) is 0 Å². The van der Waals surface area contributed by atoms with Crippen LogP contribution < -0.4 is 22.1 Å². The zero-order chi connectivity index (χ0) is 31.4. The Bertz CT molecular complexity index is 1700. The monoisotopic (exact) mass is 637 g/mol. The molecule has 2 aromatic carbocycles. The van der Waals surface area contributed by atoms with Crippen LogP contribution in [0.1, 0.15) is 69.5 Å². The smallest absolute Gasteiger partial charge is 0.354 e. The van der Waals surface area contributed by atoms with Crippen molar-refractivity contribution in [3.8, 4) is 16.9 Å². The molecule has 5 rings (SSSR count). The molecule has 0 saturated carbocycles. The van der Waals surface area contributed by atoms with Gasteiger partial charge in [0.1, 0.15) is 5.65 Å². The Morgan fingerprint density at radius 3 is 2.86 bits per heavy atom. The fraction of sp³-hybridized carbons (Fsp3) is 0.424. The van der Waals surface area contributed by atoms with E-state index >= 15 is 4.39 Å². The minimum atomic E-state index is -0.510. The zero-order valence-electron chi connectivity index (χ0n) is 25.5. The first kappa shape index (κ1) is 32.2. The van der Waals surface area contributed by atoms with Gasteiger partial charge in [-0.05, 0) is 100 Å². The van der Waals surface area contributed by atoms with Crippen LogP contribution >= 0.6 is 23.4 Å². The first-order chi connectivity index (χ1) is 21.1. The van der Waals surface area contributed by atoms with Crippen LogP contribution in [0, 0.1) is 11.2 Å². The number of rotatable bonds is 11. The molecule has 44 heavy (non-hydrogen) atoms. The molecule has 1 aliphatic heterocycles. The maximum atomic E-state index is 15.2. The summed E-state index contributed by atoms with van der Waals surface area (Å²) in [5.74, 6) is -0.0183. The lowest BCUT2D eigenvalue weighted by Crippen LogP contribution is -2.39. The fourth-order valence-corrected chi connectivity index (χ4v) is 6.93. The van der Waals surface area contributed by atoms with E-state index in [-0.39, 0.29) is 17.1 Å². The lowest BCUT2D eigenvalue weighted by Gasteiger charge is -2.32. The van der Waals surface area contributed by atoms with E-state index in [1.165, 1.54) is 5.56 Å². The first-order valence-electron chi connectivity index (χ1n) is 15.2. The predicted octanol–water partition coefficient (Wildman–Crippen LogP) is 6.73. The lowest BCUT2D eigenvalue weighted by molar-refractivity contribution is 0.310. The van der Waals surface area contributed by atoms with Crippen molar-refractivity contribution in [2.24, 2.45) is 5.73 Å². The van der Waals surface area contributed by atoms with Gasteiger partial charge in [-0.2, -0.15) is 4.98 Å². The van der Waals surface area contributed by atoms with E-state index in [0.717, 1.165) is 67.6 Å². The third-order valence-corrected chi connectivity index (χ3v) is 9.32. The van der Waals surface area contributed by atoms with Crippen molar-refractivity contribution in [3.63, 3.8) is 0 Å². The molecule has 0 aliphatic carbocycles. The van der Waals surface area contributed by atoms with Crippen molar-refractivity contribution in [2.45, 2.75) is 81.8 Å². The number of hydrogen-bond acceptors (Lipinski definition) is 6. The molecular weight excluding hydrogens is 597 g/mol. The maximum Gasteiger partial charge on any atom is 0.354 e. The van der Waals surface area contributed by atoms with Crippen LogP contribution in [-0.4, -0.2) is 45.3 Å². The number of aromatic amines is 1. The number of benzene rings is 2. The second-order valence-corrected chi connectivity index (χ2v) is 13.1. The van der Waals surface area contributed by atoms with E-state index in [1.807, 2.05) is 31.4 Å². The molecular formula is C33H41ClFN7OS. The average molecular weight is 638 g/mol. The van der Waals surface area contributed by atoms with Crippen LogP contribution in [0.25, 0.3) is 28.0 Å². The summed E-state index contributed by atoms with van der Waals surface area (Å²) in [4.78, 5) is 21.7. The van der Waals surface area contributed by atoms with Crippen molar-refractivity contribution >= 4 is 40.2 Å². The van der Waals surface area contributed by atoms with Crippen molar-refractivity contribution in [2.75, 3.05) is 12.8 Å². The Morgan fingerprint density at radius 2 is 2.11 bits per heavy atom. The van der Waals surface area contributed by atoms with Gasteiger partial charge in [-0.1, -0.05) is 24.1 Å². The summed E-state index contributed by atoms with van der Waals surface area (Å²) in [5.41, 5.74) is 9.61. The molecule has 3 atom stereocenters. The van der Waals surface area contributed by atoms with Crippen LogP contribution in [0.15, 0.2) is 52.3 Å². The van der Waals surface area contributed by atoms with Crippen molar-refractivity contribution < 1.29 is 4.39 Å². The zero-order valence-corrected chi connectivity index (χ0v) is 27.0. The average Bonchev–Trinajstić information content (AvgIpc) is 3.40. The molecule has 1 aliphatic rings. The second kappa shape index (κ2) is 14.3. The Morgan fingerprint density at radius 1 is 1.30 bits per heavy atom. The highest BCUT2D eigenvalue weighted by atomic mass is 35.5. The summed E-state index contributed by atoms with van der Waals surface area (Å²) in [5, 5.41) is 15.3. The molecule has 1 fully saturated rings. The van der Waals surface area contributed by atoms with Crippen LogP contribution in [-0.2, 0) is 6.42 Å². The van der Waals surface area contributed by atoms with E-state index in [0.29, 0.717) is 34.2 Å². The van der Waals surface area contributed by atoms with Crippen molar-refractivity contribution in [1.82, 2.24) is 25.2 Å². The predicted molar refractivity (Wildman–Crippen MR) is 180 cm³/mol. The minimum Gasteiger partial charge on any atom is -0.374 e. The van der Waals surface area contributed by atoms with Gasteiger partial charge < -0.3 is 21.4 Å². The Hall–Kier alpha value is -3.18. The number of aryl methyl sites for hydroxylation is 1. The number of nitrogens with zero attached hydrogens (tertiary/aromatic N) is 2. The minimum absolute atomic E-state index is 0.0612. The van der Waals surface area contributed by atoms with Gasteiger partial charge in [-0.25, -0.2) is 9.18 Å². The largest absolute Gasteiger partial charge is 0.374 e. The van der Waals surface area contributed by atoms with Crippen molar-refractivity contribution in [1.29, 1.82) is 5.41 Å². The number of fused-ring (bicyclic) bond motifs is 1. The van der Waals surface area contributed by atoms with E-state index in [1.54, 1.807) is 41.6 Å². The van der Waals surface area contributed by atoms with Gasteiger partial charge in [0.15, 0.2) is 5.82 Å². The van der Waals surface area contributed by atoms with E-state index in [4.69, 9.17) is 22.7 Å². The van der Waals surface area contributed by atoms with E-state index < -0.39 is 11.5 Å². The van der Waals surface area contributed by atoms with Crippen LogP contribution in [0.5, 0.6) is 0 Å². The Balaban J connectivity index is 1.40. The summed E-state index contributed by atoms with van der Waals surface area (Å²) >= 11 is 7.94. The molecule has 6 N–H and O–H groups in total. The molecule has 4 aromatic rings. The third kappa shape index (κ3) is 7.54. The van der Waals surface area contributed by atoms with Gasteiger partial charge >= 0.3 is 5.69 Å². The number of amidine groups is 1. The lowest BCUT2D eigenvalue weighted by atomic mass is 9.92. The molecule has 0 unspecified atom stereocenters. The SMILES string of the molecule is CSc1cc(-n2cc3cc(-c4cc(CCC[C@H](C)N)cc(Cl)c4F)[nH]c3nc2=O)ccc1[C@@H]1CCC[C@@H](CCNC(C)=N)N1. The molecule has 0 bridgehead atoms. The summed E-state index contributed by atoms with van der Waals surface area (Å²) in [6.45, 7) is 4.52. The number of thioether (sulfide) groups is 1. The van der Waals surface area contributed by atoms with Crippen LogP contribution in [0.4, 0.5) is 4.39 Å². The normalized spacial score (nSPS) is 17.6. The summed E-state index contributed by atoms with van der Waals surface area (Å²) < 4.78 is 16.7. The van der Waals surface area contributed by atoms with Crippen molar-refractivity contribution in [3.05, 3.63) is 75.0 Å². The molecule has 2 aromatic heterocycles. The molecule has 0 spiro atoms. The highest BCUT2D eigenvalue weighted by molar-refractivity contribution is 7.98. The quantitative estimate of drug-likeness (QED) is 0.0706. The number of halogens is 2. The summed E-state index contributed by atoms with van der Waals surface area (Å²) in [6, 6.07) is 12.1. The molecule has 8 nitrogen and oxygen atoms in total. The first-order valence-corrected chi connectivity index (χ1v) is 16.8. The molecule has 1 saturated heterocycles. The Labute approximate surface area is 266 Å². The summed E-state index contributed by atoms with van der Waals surface area (Å²) in [7, 11) is 0. The Kier molecular flexibility index (Phi) is 10.5. The topological polar surface area (TPSA) is 125 Å². The van der Waals surface area contributed by atoms with Crippen LogP contribution in [0.2, 0.25) is 5.02 Å². The standard InChI is InChI=1S/C33H41ClFN7OS/c1-19(36)6-4-7-21-14-26(31(35)27(34)15-21)29-16-22-18-42(33(43)41-32(22)40-29)24-10-11-25(30(17-24)44-3)28-9-5-8-23(39-28)12-13-38-20(2)37/h10-11,14-19,23,28,39H,4-9,12-13,36H2,1-3H3,(H2,37,38)(H,40,41,43)/t19-,23-,28-/m0/s1. The van der Waals surface area contributed by atoms with Gasteiger partial charge in [-0.15, -0.1) is 11.8 Å². The fourth-order valence-electron chi connectivity index (χ4n) is 6.00. The second-order valence-electron chi connectivity index (χ2n) is 11.8. The van der Waals surface area contributed by atoms with Gasteiger partial charge in [0.2, 0.25) is 0 Å². The number of aromatic nitrogens is 3. The molecule has 11 heteroatoms. The number of nitrogens with one attached hydrogen (secondary N) is 4. The third-order valence-electron chi connectivity index (χ3n) is 8.25. The molecule has 0 radical (unpaired) electrons. The van der Waals surface area contributed by atoms with Gasteiger partial charge in [-0.3, -0.25) is 9.98 Å². The summed E-state index contributed by atoms with van der Waals surface area (Å²) in [6.07, 6.45) is 10.6. The van der Waals surface area contributed by atoms with Gasteiger partial charge in [0.05, 0.1) is 22.2 Å². The number of hydrogen-bond donors (Lipinski definition) is 5.